The molecule has 22 heavy (non-hydrogen) atoms. The first-order valence-corrected chi connectivity index (χ1v) is 9.25. The number of hydrogen-bond acceptors (Lipinski definition) is 4. The Balaban J connectivity index is 2.65. The van der Waals surface area contributed by atoms with E-state index in [4.69, 9.17) is 0 Å². The quantitative estimate of drug-likeness (QED) is 0.801. The first-order valence-electron chi connectivity index (χ1n) is 7.35. The lowest BCUT2D eigenvalue weighted by Gasteiger charge is -2.18. The van der Waals surface area contributed by atoms with Crippen LogP contribution in [0.1, 0.15) is 19.4 Å². The summed E-state index contributed by atoms with van der Waals surface area (Å²) < 4.78 is 23.1. The number of carbonyl (C=O) groups excluding carboxylic acids is 1. The third-order valence-corrected chi connectivity index (χ3v) is 4.60. The highest BCUT2D eigenvalue weighted by molar-refractivity contribution is 7.90. The Kier molecular flexibility index (Phi) is 6.83. The zero-order chi connectivity index (χ0) is 16.8. The molecule has 0 aliphatic rings. The number of aryl methyl sites for hydroxylation is 1. The number of benzene rings is 1. The van der Waals surface area contributed by atoms with E-state index in [9.17, 15) is 13.2 Å². The van der Waals surface area contributed by atoms with Gasteiger partial charge in [-0.3, -0.25) is 0 Å². The van der Waals surface area contributed by atoms with Crippen LogP contribution in [0.25, 0.3) is 0 Å². The van der Waals surface area contributed by atoms with Crippen LogP contribution in [0.4, 0.5) is 10.5 Å². The van der Waals surface area contributed by atoms with Gasteiger partial charge in [-0.05, 0) is 37.7 Å². The van der Waals surface area contributed by atoms with E-state index in [1.165, 1.54) is 12.1 Å². The maximum absolute atomic E-state index is 11.9. The first kappa shape index (κ1) is 18.4. The van der Waals surface area contributed by atoms with E-state index >= 15 is 0 Å². The Labute approximate surface area is 132 Å². The number of hydrogen-bond donors (Lipinski definition) is 2. The molecule has 0 saturated heterocycles. The van der Waals surface area contributed by atoms with Gasteiger partial charge >= 0.3 is 6.03 Å². The molecule has 7 heteroatoms. The second-order valence-electron chi connectivity index (χ2n) is 5.16. The van der Waals surface area contributed by atoms with Crippen LogP contribution in [-0.2, 0) is 9.84 Å². The lowest BCUT2D eigenvalue weighted by atomic mass is 10.2. The molecule has 0 aromatic heterocycles. The standard InChI is InChI=1S/C15H25N3O3S/c1-5-18(6-2)10-9-16-15(19)17-14-11-13(22(4,20)21)8-7-12(14)3/h7-8,11H,5-6,9-10H2,1-4H3,(H2,16,17,19). The summed E-state index contributed by atoms with van der Waals surface area (Å²) >= 11 is 0. The highest BCUT2D eigenvalue weighted by atomic mass is 32.2. The molecule has 0 radical (unpaired) electrons. The van der Waals surface area contributed by atoms with Gasteiger partial charge < -0.3 is 15.5 Å². The Bertz CT molecular complexity index is 610. The second kappa shape index (κ2) is 8.14. The normalized spacial score (nSPS) is 11.5. The fraction of sp³-hybridized carbons (Fsp3) is 0.533. The molecular formula is C15H25N3O3S. The molecule has 1 rings (SSSR count). The fourth-order valence-corrected chi connectivity index (χ4v) is 2.65. The monoisotopic (exact) mass is 327 g/mol. The summed E-state index contributed by atoms with van der Waals surface area (Å²) in [5.74, 6) is 0. The molecular weight excluding hydrogens is 302 g/mol. The lowest BCUT2D eigenvalue weighted by Crippen LogP contribution is -2.37. The zero-order valence-electron chi connectivity index (χ0n) is 13.6. The van der Waals surface area contributed by atoms with Gasteiger partial charge in [0.25, 0.3) is 0 Å². The number of carbonyl (C=O) groups is 1. The van der Waals surface area contributed by atoms with E-state index in [0.29, 0.717) is 12.2 Å². The van der Waals surface area contributed by atoms with Crippen molar-refractivity contribution < 1.29 is 13.2 Å². The third kappa shape index (κ3) is 5.65. The maximum atomic E-state index is 11.9. The van der Waals surface area contributed by atoms with Crippen LogP contribution in [0, 0.1) is 6.92 Å². The van der Waals surface area contributed by atoms with Crippen molar-refractivity contribution in [1.82, 2.24) is 10.2 Å². The topological polar surface area (TPSA) is 78.5 Å². The molecule has 0 saturated carbocycles. The van der Waals surface area contributed by atoms with E-state index in [-0.39, 0.29) is 10.9 Å². The Morgan fingerprint density at radius 1 is 1.23 bits per heavy atom. The number of anilines is 1. The summed E-state index contributed by atoms with van der Waals surface area (Å²) in [4.78, 5) is 14.3. The van der Waals surface area contributed by atoms with Gasteiger partial charge in [-0.2, -0.15) is 0 Å². The minimum atomic E-state index is -3.29. The van der Waals surface area contributed by atoms with Gasteiger partial charge in [0.2, 0.25) is 0 Å². The van der Waals surface area contributed by atoms with E-state index in [2.05, 4.69) is 29.4 Å². The first-order chi connectivity index (χ1) is 10.3. The van der Waals surface area contributed by atoms with E-state index in [0.717, 1.165) is 31.5 Å². The second-order valence-corrected chi connectivity index (χ2v) is 7.17. The highest BCUT2D eigenvalue weighted by Crippen LogP contribution is 2.20. The minimum Gasteiger partial charge on any atom is -0.337 e. The molecule has 1 aromatic rings. The summed E-state index contributed by atoms with van der Waals surface area (Å²) in [6.45, 7) is 9.16. The van der Waals surface area contributed by atoms with Crippen LogP contribution in [0.2, 0.25) is 0 Å². The van der Waals surface area contributed by atoms with Gasteiger partial charge in [0.1, 0.15) is 0 Å². The molecule has 0 unspecified atom stereocenters. The summed E-state index contributed by atoms with van der Waals surface area (Å²) in [6, 6.07) is 4.37. The number of amides is 2. The molecule has 6 nitrogen and oxygen atoms in total. The molecule has 0 aliphatic heterocycles. The van der Waals surface area contributed by atoms with Crippen molar-refractivity contribution in [3.8, 4) is 0 Å². The van der Waals surface area contributed by atoms with Crippen molar-refractivity contribution in [3.05, 3.63) is 23.8 Å². The third-order valence-electron chi connectivity index (χ3n) is 3.49. The number of nitrogens with zero attached hydrogens (tertiary/aromatic N) is 1. The van der Waals surface area contributed by atoms with Crippen molar-refractivity contribution in [2.24, 2.45) is 0 Å². The minimum absolute atomic E-state index is 0.191. The number of urea groups is 1. The average molecular weight is 327 g/mol. The number of rotatable bonds is 7. The molecule has 0 aliphatic carbocycles. The highest BCUT2D eigenvalue weighted by Gasteiger charge is 2.11. The molecule has 0 bridgehead atoms. The van der Waals surface area contributed by atoms with Gasteiger partial charge in [-0.15, -0.1) is 0 Å². The number of nitrogens with one attached hydrogen (secondary N) is 2. The Morgan fingerprint density at radius 2 is 1.86 bits per heavy atom. The number of likely N-dealkylation sites (N-methyl/N-ethyl adjacent to an activating group) is 1. The summed E-state index contributed by atoms with van der Waals surface area (Å²) in [6.07, 6.45) is 1.14. The Morgan fingerprint density at radius 3 is 2.41 bits per heavy atom. The lowest BCUT2D eigenvalue weighted by molar-refractivity contribution is 0.248. The van der Waals surface area contributed by atoms with Crippen molar-refractivity contribution in [3.63, 3.8) is 0 Å². The smallest absolute Gasteiger partial charge is 0.319 e. The van der Waals surface area contributed by atoms with Gasteiger partial charge in [0.05, 0.1) is 4.90 Å². The van der Waals surface area contributed by atoms with Crippen molar-refractivity contribution >= 4 is 21.6 Å². The molecule has 0 heterocycles. The van der Waals surface area contributed by atoms with Gasteiger partial charge in [0.15, 0.2) is 9.84 Å². The SMILES string of the molecule is CCN(CC)CCNC(=O)Nc1cc(S(C)(=O)=O)ccc1C. The predicted molar refractivity (Wildman–Crippen MR) is 89.1 cm³/mol. The van der Waals surface area contributed by atoms with Crippen LogP contribution < -0.4 is 10.6 Å². The van der Waals surface area contributed by atoms with E-state index in [1.807, 2.05) is 6.92 Å². The fourth-order valence-electron chi connectivity index (χ4n) is 2.00. The zero-order valence-corrected chi connectivity index (χ0v) is 14.5. The predicted octanol–water partition coefficient (Wildman–Crippen LogP) is 1.86. The van der Waals surface area contributed by atoms with Crippen LogP contribution in [0.3, 0.4) is 0 Å². The van der Waals surface area contributed by atoms with Crippen molar-refractivity contribution in [2.45, 2.75) is 25.7 Å². The molecule has 2 N–H and O–H groups in total. The van der Waals surface area contributed by atoms with Crippen LogP contribution in [-0.4, -0.2) is 51.8 Å². The molecule has 124 valence electrons. The summed E-state index contributed by atoms with van der Waals surface area (Å²) in [7, 11) is -3.29. The van der Waals surface area contributed by atoms with Crippen molar-refractivity contribution in [1.29, 1.82) is 0 Å². The average Bonchev–Trinajstić information content (AvgIpc) is 2.44. The number of sulfone groups is 1. The molecule has 2 amide bonds. The van der Waals surface area contributed by atoms with Crippen LogP contribution >= 0.6 is 0 Å². The Hall–Kier alpha value is -1.60. The van der Waals surface area contributed by atoms with Crippen molar-refractivity contribution in [2.75, 3.05) is 37.8 Å². The van der Waals surface area contributed by atoms with Gasteiger partial charge in [-0.1, -0.05) is 19.9 Å². The maximum Gasteiger partial charge on any atom is 0.319 e. The van der Waals surface area contributed by atoms with Gasteiger partial charge in [0, 0.05) is 25.0 Å². The summed E-state index contributed by atoms with van der Waals surface area (Å²) in [5.41, 5.74) is 1.31. The molecule has 0 fully saturated rings. The van der Waals surface area contributed by atoms with Crippen LogP contribution in [0.15, 0.2) is 23.1 Å². The van der Waals surface area contributed by atoms with Gasteiger partial charge in [-0.25, -0.2) is 13.2 Å². The summed E-state index contributed by atoms with van der Waals surface area (Å²) in [5, 5.41) is 5.47. The molecule has 0 spiro atoms. The molecule has 1 aromatic carbocycles. The van der Waals surface area contributed by atoms with Crippen LogP contribution in [0.5, 0.6) is 0 Å². The molecule has 0 atom stereocenters. The van der Waals surface area contributed by atoms with E-state index < -0.39 is 9.84 Å². The largest absolute Gasteiger partial charge is 0.337 e. The van der Waals surface area contributed by atoms with E-state index in [1.54, 1.807) is 6.07 Å².